The van der Waals surface area contributed by atoms with Gasteiger partial charge >= 0.3 is 0 Å². The molecule has 7 heteroatoms. The Hall–Kier alpha value is -2.15. The number of fused-ring (bicyclic) bond motifs is 1. The smallest absolute Gasteiger partial charge is 0.211 e. The first-order valence-electron chi connectivity index (χ1n) is 6.46. The molecule has 0 bridgehead atoms. The molecule has 0 spiro atoms. The number of benzene rings is 1. The van der Waals surface area contributed by atoms with Gasteiger partial charge in [0.2, 0.25) is 6.41 Å². The van der Waals surface area contributed by atoms with E-state index in [1.807, 2.05) is 0 Å². The van der Waals surface area contributed by atoms with Crippen LogP contribution < -0.4 is 16.0 Å². The molecule has 1 aliphatic rings. The van der Waals surface area contributed by atoms with E-state index < -0.39 is 5.82 Å². The number of nitrogens with two attached hydrogens (primary N) is 1. The molecular weight excluding hydrogens is 261 g/mol. The van der Waals surface area contributed by atoms with Crippen molar-refractivity contribution in [2.75, 3.05) is 23.3 Å². The van der Waals surface area contributed by atoms with Gasteiger partial charge in [0.05, 0.1) is 11.4 Å². The molecule has 3 rings (SSSR count). The average Bonchev–Trinajstić information content (AvgIpc) is 2.96. The second-order valence-electron chi connectivity index (χ2n) is 5.08. The Morgan fingerprint density at radius 2 is 2.40 bits per heavy atom. The van der Waals surface area contributed by atoms with Crippen molar-refractivity contribution in [2.45, 2.75) is 12.5 Å². The van der Waals surface area contributed by atoms with Crippen molar-refractivity contribution in [3.63, 3.8) is 0 Å². The Bertz CT molecular complexity index is 668. The Morgan fingerprint density at radius 3 is 3.05 bits per heavy atom. The minimum Gasteiger partial charge on any atom is -0.368 e. The lowest BCUT2D eigenvalue weighted by molar-refractivity contribution is -0.105. The molecule has 1 fully saturated rings. The number of carbonyl (C=O) groups is 1. The number of nitrogens with zero attached hydrogens (tertiary/aromatic N) is 3. The molecule has 2 aromatic rings. The molecule has 3 N–H and O–H groups in total. The van der Waals surface area contributed by atoms with Crippen molar-refractivity contribution < 1.29 is 9.18 Å². The Morgan fingerprint density at radius 1 is 1.60 bits per heavy atom. The number of anilines is 2. The standard InChI is InChI=1S/C13H16FN5O/c1-18-6-9-12(17-18)10(14)4-11(16-7-20)13(9)19-3-2-8(15)5-19/h4,6-8H,2-3,5,15H2,1H3,(H,16,20). The second kappa shape index (κ2) is 4.75. The highest BCUT2D eigenvalue weighted by molar-refractivity contribution is 6.01. The normalized spacial score (nSPS) is 18.8. The first kappa shape index (κ1) is 12.9. The maximum Gasteiger partial charge on any atom is 0.211 e. The number of aryl methyl sites for hydroxylation is 1. The van der Waals surface area contributed by atoms with Gasteiger partial charge in [-0.3, -0.25) is 9.48 Å². The van der Waals surface area contributed by atoms with Crippen molar-refractivity contribution in [1.29, 1.82) is 0 Å². The third kappa shape index (κ3) is 2.00. The maximum absolute atomic E-state index is 14.1. The molecular formula is C13H16FN5O. The van der Waals surface area contributed by atoms with Crippen LogP contribution in [0.1, 0.15) is 6.42 Å². The Balaban J connectivity index is 2.22. The van der Waals surface area contributed by atoms with E-state index in [9.17, 15) is 9.18 Å². The highest BCUT2D eigenvalue weighted by atomic mass is 19.1. The molecule has 1 aromatic heterocycles. The highest BCUT2D eigenvalue weighted by Crippen LogP contribution is 2.37. The minimum atomic E-state index is -0.447. The quantitative estimate of drug-likeness (QED) is 0.814. The van der Waals surface area contributed by atoms with E-state index in [0.717, 1.165) is 18.7 Å². The summed E-state index contributed by atoms with van der Waals surface area (Å²) in [6.45, 7) is 1.47. The van der Waals surface area contributed by atoms with Gasteiger partial charge in [-0.1, -0.05) is 0 Å². The number of hydrogen-bond donors (Lipinski definition) is 2. The SMILES string of the molecule is Cn1cc2c(N3CCC(N)C3)c(NC=O)cc(F)c2n1. The number of nitrogens with one attached hydrogen (secondary N) is 1. The summed E-state index contributed by atoms with van der Waals surface area (Å²) in [7, 11) is 1.74. The number of halogens is 1. The van der Waals surface area contributed by atoms with Gasteiger partial charge in [-0.15, -0.1) is 0 Å². The van der Waals surface area contributed by atoms with Crippen LogP contribution >= 0.6 is 0 Å². The van der Waals surface area contributed by atoms with Gasteiger partial charge in [0.1, 0.15) is 5.52 Å². The van der Waals surface area contributed by atoms with Gasteiger partial charge in [0, 0.05) is 43.8 Å². The van der Waals surface area contributed by atoms with Gasteiger partial charge in [-0.25, -0.2) is 4.39 Å². The zero-order chi connectivity index (χ0) is 14.3. The molecule has 0 aliphatic carbocycles. The molecule has 1 aliphatic heterocycles. The van der Waals surface area contributed by atoms with Crippen LogP contribution in [-0.4, -0.2) is 35.3 Å². The van der Waals surface area contributed by atoms with Crippen molar-refractivity contribution in [2.24, 2.45) is 12.8 Å². The predicted octanol–water partition coefficient (Wildman–Crippen LogP) is 0.818. The van der Waals surface area contributed by atoms with E-state index >= 15 is 0 Å². The summed E-state index contributed by atoms with van der Waals surface area (Å²) in [4.78, 5) is 12.8. The van der Waals surface area contributed by atoms with Crippen LogP contribution in [0.3, 0.4) is 0 Å². The molecule has 20 heavy (non-hydrogen) atoms. The molecule has 6 nitrogen and oxygen atoms in total. The number of carbonyl (C=O) groups excluding carboxylic acids is 1. The van der Waals surface area contributed by atoms with E-state index in [1.54, 1.807) is 17.9 Å². The lowest BCUT2D eigenvalue weighted by atomic mass is 10.1. The van der Waals surface area contributed by atoms with Gasteiger partial charge in [-0.05, 0) is 6.42 Å². The molecule has 1 atom stereocenters. The van der Waals surface area contributed by atoms with Crippen molar-refractivity contribution >= 4 is 28.7 Å². The monoisotopic (exact) mass is 277 g/mol. The Labute approximate surface area is 115 Å². The Kier molecular flexibility index (Phi) is 3.06. The van der Waals surface area contributed by atoms with Crippen LogP contribution in [0.15, 0.2) is 12.3 Å². The van der Waals surface area contributed by atoms with Crippen molar-refractivity contribution in [1.82, 2.24) is 9.78 Å². The largest absolute Gasteiger partial charge is 0.368 e. The fraction of sp³-hybridized carbons (Fsp3) is 0.385. The van der Waals surface area contributed by atoms with Crippen LogP contribution in [0, 0.1) is 5.82 Å². The van der Waals surface area contributed by atoms with Crippen LogP contribution in [0.5, 0.6) is 0 Å². The van der Waals surface area contributed by atoms with Gasteiger partial charge in [0.25, 0.3) is 0 Å². The first-order chi connectivity index (χ1) is 9.60. The molecule has 0 radical (unpaired) electrons. The summed E-state index contributed by atoms with van der Waals surface area (Å²) in [5.74, 6) is -0.447. The second-order valence-corrected chi connectivity index (χ2v) is 5.08. The average molecular weight is 277 g/mol. The van der Waals surface area contributed by atoms with Crippen molar-refractivity contribution in [3.8, 4) is 0 Å². The van der Waals surface area contributed by atoms with E-state index in [-0.39, 0.29) is 6.04 Å². The summed E-state index contributed by atoms with van der Waals surface area (Å²) < 4.78 is 15.6. The van der Waals surface area contributed by atoms with E-state index in [4.69, 9.17) is 5.73 Å². The molecule has 1 saturated heterocycles. The number of aromatic nitrogens is 2. The van der Waals surface area contributed by atoms with Crippen LogP contribution in [0.2, 0.25) is 0 Å². The van der Waals surface area contributed by atoms with Crippen molar-refractivity contribution in [3.05, 3.63) is 18.1 Å². The summed E-state index contributed by atoms with van der Waals surface area (Å²) >= 11 is 0. The molecule has 106 valence electrons. The third-order valence-electron chi connectivity index (χ3n) is 3.59. The maximum atomic E-state index is 14.1. The molecule has 0 saturated carbocycles. The molecule has 2 heterocycles. The molecule has 1 aromatic carbocycles. The zero-order valence-electron chi connectivity index (χ0n) is 11.1. The summed E-state index contributed by atoms with van der Waals surface area (Å²) in [5, 5.41) is 7.39. The lowest BCUT2D eigenvalue weighted by Gasteiger charge is -2.22. The van der Waals surface area contributed by atoms with Crippen LogP contribution in [0.4, 0.5) is 15.8 Å². The van der Waals surface area contributed by atoms with Crippen LogP contribution in [-0.2, 0) is 11.8 Å². The molecule has 1 unspecified atom stereocenters. The van der Waals surface area contributed by atoms with E-state index in [2.05, 4.69) is 15.3 Å². The van der Waals surface area contributed by atoms with Gasteiger partial charge in [-0.2, -0.15) is 5.10 Å². The zero-order valence-corrected chi connectivity index (χ0v) is 11.1. The lowest BCUT2D eigenvalue weighted by Crippen LogP contribution is -2.27. The van der Waals surface area contributed by atoms with E-state index in [0.29, 0.717) is 29.5 Å². The summed E-state index contributed by atoms with van der Waals surface area (Å²) in [6.07, 6.45) is 3.18. The minimum absolute atomic E-state index is 0.0934. The number of hydrogen-bond acceptors (Lipinski definition) is 4. The van der Waals surface area contributed by atoms with Gasteiger partial charge < -0.3 is 16.0 Å². The predicted molar refractivity (Wildman–Crippen MR) is 75.2 cm³/mol. The highest BCUT2D eigenvalue weighted by Gasteiger charge is 2.25. The van der Waals surface area contributed by atoms with E-state index in [1.165, 1.54) is 6.07 Å². The number of rotatable bonds is 3. The first-order valence-corrected chi connectivity index (χ1v) is 6.46. The van der Waals surface area contributed by atoms with Gasteiger partial charge in [0.15, 0.2) is 5.82 Å². The summed E-state index contributed by atoms with van der Waals surface area (Å²) in [5.41, 5.74) is 7.48. The molecule has 1 amide bonds. The van der Waals surface area contributed by atoms with Crippen LogP contribution in [0.25, 0.3) is 10.9 Å². The number of amides is 1. The topological polar surface area (TPSA) is 76.2 Å². The fourth-order valence-electron chi connectivity index (χ4n) is 2.75. The summed E-state index contributed by atoms with van der Waals surface area (Å²) in [6, 6.07) is 1.40. The fourth-order valence-corrected chi connectivity index (χ4v) is 2.75. The third-order valence-corrected chi connectivity index (χ3v) is 3.59.